The molecule has 2 aromatic rings. The quantitative estimate of drug-likeness (QED) is 0.619. The first-order valence-electron chi connectivity index (χ1n) is 7.76. The van der Waals surface area contributed by atoms with Crippen LogP contribution in [0.25, 0.3) is 0 Å². The number of hydrogen-bond donors (Lipinski definition) is 0. The molecule has 1 saturated heterocycles. The van der Waals surface area contributed by atoms with Gasteiger partial charge in [0, 0.05) is 32.4 Å². The molecule has 3 rings (SSSR count). The molecular weight excluding hydrogens is 313 g/mol. The third-order valence-corrected chi connectivity index (χ3v) is 4.27. The smallest absolute Gasteiger partial charge is 0.327 e. The molecule has 0 radical (unpaired) electrons. The van der Waals surface area contributed by atoms with Gasteiger partial charge in [0.2, 0.25) is 5.82 Å². The zero-order valence-electron chi connectivity index (χ0n) is 13.3. The summed E-state index contributed by atoms with van der Waals surface area (Å²) in [6.07, 6.45) is 3.58. The van der Waals surface area contributed by atoms with Crippen LogP contribution in [0.4, 0.5) is 21.6 Å². The van der Waals surface area contributed by atoms with E-state index in [2.05, 4.69) is 15.1 Å². The highest BCUT2D eigenvalue weighted by atomic mass is 19.1. The standard InChI is InChI=1S/C16H18FN5O2/c1-20(14-7-2-6-13(17)16(14)22(23)24)11-12-5-4-10-21(12)15-8-3-9-18-19-15/h2-3,6-9,12H,4-5,10-11H2,1H3. The largest absolute Gasteiger partial charge is 0.367 e. The number of hydrogen-bond acceptors (Lipinski definition) is 6. The zero-order valence-corrected chi connectivity index (χ0v) is 13.3. The van der Waals surface area contributed by atoms with E-state index in [4.69, 9.17) is 0 Å². The average molecular weight is 331 g/mol. The summed E-state index contributed by atoms with van der Waals surface area (Å²) in [5, 5.41) is 19.2. The summed E-state index contributed by atoms with van der Waals surface area (Å²) >= 11 is 0. The Kier molecular flexibility index (Phi) is 4.54. The topological polar surface area (TPSA) is 75.4 Å². The summed E-state index contributed by atoms with van der Waals surface area (Å²) in [6.45, 7) is 1.41. The molecule has 1 aromatic heterocycles. The molecule has 0 saturated carbocycles. The van der Waals surface area contributed by atoms with Crippen molar-refractivity contribution in [3.05, 3.63) is 52.5 Å². The van der Waals surface area contributed by atoms with Gasteiger partial charge in [-0.05, 0) is 37.1 Å². The number of para-hydroxylation sites is 1. The SMILES string of the molecule is CN(CC1CCCN1c1cccnn1)c1cccc(F)c1[N+](=O)[O-]. The van der Waals surface area contributed by atoms with Crippen molar-refractivity contribution in [1.29, 1.82) is 0 Å². The van der Waals surface area contributed by atoms with E-state index in [0.717, 1.165) is 31.3 Å². The molecule has 0 bridgehead atoms. The maximum atomic E-state index is 13.8. The van der Waals surface area contributed by atoms with Crippen LogP contribution in [0, 0.1) is 15.9 Å². The predicted octanol–water partition coefficient (Wildman–Crippen LogP) is 2.63. The van der Waals surface area contributed by atoms with Crippen LogP contribution in [0.5, 0.6) is 0 Å². The summed E-state index contributed by atoms with van der Waals surface area (Å²) in [4.78, 5) is 14.4. The average Bonchev–Trinajstić information content (AvgIpc) is 3.03. The highest BCUT2D eigenvalue weighted by Crippen LogP contribution is 2.31. The van der Waals surface area contributed by atoms with Gasteiger partial charge >= 0.3 is 5.69 Å². The maximum Gasteiger partial charge on any atom is 0.327 e. The Morgan fingerprint density at radius 3 is 2.96 bits per heavy atom. The molecule has 2 heterocycles. The van der Waals surface area contributed by atoms with Crippen molar-refractivity contribution in [2.45, 2.75) is 18.9 Å². The van der Waals surface area contributed by atoms with Crippen molar-refractivity contribution in [3.63, 3.8) is 0 Å². The molecule has 8 heteroatoms. The minimum Gasteiger partial charge on any atom is -0.367 e. The monoisotopic (exact) mass is 331 g/mol. The predicted molar refractivity (Wildman–Crippen MR) is 88.7 cm³/mol. The van der Waals surface area contributed by atoms with Gasteiger partial charge in [0.15, 0.2) is 5.82 Å². The second kappa shape index (κ2) is 6.77. The Hall–Kier alpha value is -2.77. The number of rotatable bonds is 5. The number of nitro benzene ring substituents is 1. The highest BCUT2D eigenvalue weighted by molar-refractivity contribution is 5.63. The molecule has 126 valence electrons. The van der Waals surface area contributed by atoms with Gasteiger partial charge in [-0.2, -0.15) is 9.49 Å². The fraction of sp³-hybridized carbons (Fsp3) is 0.375. The van der Waals surface area contributed by atoms with Gasteiger partial charge in [-0.3, -0.25) is 10.1 Å². The van der Waals surface area contributed by atoms with E-state index in [1.54, 1.807) is 24.2 Å². The first-order valence-corrected chi connectivity index (χ1v) is 7.76. The number of halogens is 1. The Morgan fingerprint density at radius 2 is 2.25 bits per heavy atom. The summed E-state index contributed by atoms with van der Waals surface area (Å²) < 4.78 is 13.8. The van der Waals surface area contributed by atoms with Crippen molar-refractivity contribution in [2.24, 2.45) is 0 Å². The van der Waals surface area contributed by atoms with Crippen LogP contribution in [0.2, 0.25) is 0 Å². The molecule has 1 aromatic carbocycles. The first kappa shape index (κ1) is 16.1. The normalized spacial score (nSPS) is 17.1. The van der Waals surface area contributed by atoms with Gasteiger partial charge < -0.3 is 9.80 Å². The minimum absolute atomic E-state index is 0.148. The molecule has 1 aliphatic heterocycles. The molecule has 1 aliphatic rings. The number of benzene rings is 1. The molecule has 1 unspecified atom stereocenters. The second-order valence-corrected chi connectivity index (χ2v) is 5.82. The summed E-state index contributed by atoms with van der Waals surface area (Å²) in [6, 6.07) is 8.05. The van der Waals surface area contributed by atoms with Crippen molar-refractivity contribution in [1.82, 2.24) is 10.2 Å². The van der Waals surface area contributed by atoms with E-state index < -0.39 is 16.4 Å². The van der Waals surface area contributed by atoms with Crippen molar-refractivity contribution < 1.29 is 9.31 Å². The lowest BCUT2D eigenvalue weighted by molar-refractivity contribution is -0.386. The van der Waals surface area contributed by atoms with Crippen molar-refractivity contribution >= 4 is 17.2 Å². The van der Waals surface area contributed by atoms with Gasteiger partial charge in [0.1, 0.15) is 5.69 Å². The van der Waals surface area contributed by atoms with Crippen LogP contribution in [0.15, 0.2) is 36.5 Å². The molecule has 0 aliphatic carbocycles. The number of nitrogens with zero attached hydrogens (tertiary/aromatic N) is 5. The van der Waals surface area contributed by atoms with Crippen LogP contribution in [0.3, 0.4) is 0 Å². The lowest BCUT2D eigenvalue weighted by Gasteiger charge is -2.30. The minimum atomic E-state index is -0.818. The lowest BCUT2D eigenvalue weighted by Crippen LogP contribution is -2.39. The number of anilines is 2. The van der Waals surface area contributed by atoms with Gasteiger partial charge in [0.25, 0.3) is 0 Å². The van der Waals surface area contributed by atoms with Crippen LogP contribution in [0.1, 0.15) is 12.8 Å². The highest BCUT2D eigenvalue weighted by Gasteiger charge is 2.29. The van der Waals surface area contributed by atoms with E-state index in [1.807, 2.05) is 12.1 Å². The second-order valence-electron chi connectivity index (χ2n) is 5.82. The third-order valence-electron chi connectivity index (χ3n) is 4.27. The number of nitro groups is 1. The Balaban J connectivity index is 1.81. The van der Waals surface area contributed by atoms with Crippen molar-refractivity contribution in [3.8, 4) is 0 Å². The molecular formula is C16H18FN5O2. The number of aromatic nitrogens is 2. The molecule has 1 atom stereocenters. The molecule has 0 spiro atoms. The Labute approximate surface area is 138 Å². The fourth-order valence-corrected chi connectivity index (χ4v) is 3.18. The van der Waals surface area contributed by atoms with Gasteiger partial charge in [-0.15, -0.1) is 5.10 Å². The van der Waals surface area contributed by atoms with Crippen LogP contribution in [-0.2, 0) is 0 Å². The van der Waals surface area contributed by atoms with Gasteiger partial charge in [-0.1, -0.05) is 6.07 Å². The van der Waals surface area contributed by atoms with E-state index in [0.29, 0.717) is 6.54 Å². The van der Waals surface area contributed by atoms with E-state index in [-0.39, 0.29) is 11.7 Å². The van der Waals surface area contributed by atoms with Crippen LogP contribution >= 0.6 is 0 Å². The Morgan fingerprint density at radius 1 is 1.42 bits per heavy atom. The molecule has 0 amide bonds. The Bertz CT molecular complexity index is 728. The summed E-state index contributed by atoms with van der Waals surface area (Å²) in [7, 11) is 1.74. The van der Waals surface area contributed by atoms with Crippen LogP contribution in [-0.4, -0.2) is 41.3 Å². The van der Waals surface area contributed by atoms with Crippen molar-refractivity contribution in [2.75, 3.05) is 29.9 Å². The van der Waals surface area contributed by atoms with Gasteiger partial charge in [0.05, 0.1) is 4.92 Å². The van der Waals surface area contributed by atoms with E-state index >= 15 is 0 Å². The van der Waals surface area contributed by atoms with E-state index in [9.17, 15) is 14.5 Å². The lowest BCUT2D eigenvalue weighted by atomic mass is 10.1. The first-order chi connectivity index (χ1) is 11.6. The number of likely N-dealkylation sites (N-methyl/N-ethyl adjacent to an activating group) is 1. The molecule has 0 N–H and O–H groups in total. The molecule has 1 fully saturated rings. The molecule has 7 nitrogen and oxygen atoms in total. The van der Waals surface area contributed by atoms with E-state index in [1.165, 1.54) is 6.07 Å². The fourth-order valence-electron chi connectivity index (χ4n) is 3.18. The van der Waals surface area contributed by atoms with Gasteiger partial charge in [-0.25, -0.2) is 0 Å². The summed E-state index contributed by atoms with van der Waals surface area (Å²) in [5.74, 6) is -0.0244. The summed E-state index contributed by atoms with van der Waals surface area (Å²) in [5.41, 5.74) is -0.199. The van der Waals surface area contributed by atoms with Crippen LogP contribution < -0.4 is 9.80 Å². The molecule has 24 heavy (non-hydrogen) atoms. The third kappa shape index (κ3) is 3.12. The zero-order chi connectivity index (χ0) is 17.1. The maximum absolute atomic E-state index is 13.8.